The zero-order valence-electron chi connectivity index (χ0n) is 10.7. The molecule has 4 nitrogen and oxygen atoms in total. The van der Waals surface area contributed by atoms with Crippen molar-refractivity contribution in [3.8, 4) is 0 Å². The Morgan fingerprint density at radius 2 is 1.78 bits per heavy atom. The fourth-order valence-electron chi connectivity index (χ4n) is 1.53. The number of hydrogen-bond acceptors (Lipinski definition) is 5. The summed E-state index contributed by atoms with van der Waals surface area (Å²) in [6.07, 6.45) is 1.54. The molecule has 0 saturated heterocycles. The zero-order chi connectivity index (χ0) is 13.1. The summed E-state index contributed by atoms with van der Waals surface area (Å²) in [5, 5.41) is 0.789. The Balaban J connectivity index is 2.29. The van der Waals surface area contributed by atoms with Gasteiger partial charge in [-0.3, -0.25) is 0 Å². The summed E-state index contributed by atoms with van der Waals surface area (Å²) in [6.45, 7) is 2.07. The highest BCUT2D eigenvalue weighted by Crippen LogP contribution is 2.33. The second-order valence-corrected chi connectivity index (χ2v) is 5.29. The van der Waals surface area contributed by atoms with Crippen LogP contribution in [-0.4, -0.2) is 24.1 Å². The van der Waals surface area contributed by atoms with E-state index in [0.717, 1.165) is 15.7 Å². The molecule has 5 heteroatoms. The van der Waals surface area contributed by atoms with Crippen molar-refractivity contribution < 1.29 is 0 Å². The third kappa shape index (κ3) is 2.73. The lowest BCUT2D eigenvalue weighted by Gasteiger charge is -2.15. The van der Waals surface area contributed by atoms with Crippen molar-refractivity contribution in [3.63, 3.8) is 0 Å². The number of anilines is 2. The Morgan fingerprint density at radius 1 is 1.11 bits per heavy atom. The van der Waals surface area contributed by atoms with Gasteiger partial charge in [0.15, 0.2) is 5.82 Å². The van der Waals surface area contributed by atoms with Gasteiger partial charge in [0.2, 0.25) is 0 Å². The quantitative estimate of drug-likeness (QED) is 0.860. The van der Waals surface area contributed by atoms with Gasteiger partial charge in [0.05, 0.1) is 0 Å². The third-order valence-electron chi connectivity index (χ3n) is 2.49. The lowest BCUT2D eigenvalue weighted by atomic mass is 10.2. The van der Waals surface area contributed by atoms with E-state index in [-0.39, 0.29) is 0 Å². The molecule has 94 valence electrons. The molecule has 0 saturated carbocycles. The number of nitrogens with zero attached hydrogens (tertiary/aromatic N) is 3. The average molecular weight is 260 g/mol. The highest BCUT2D eigenvalue weighted by molar-refractivity contribution is 7.99. The van der Waals surface area contributed by atoms with Gasteiger partial charge < -0.3 is 10.6 Å². The van der Waals surface area contributed by atoms with Crippen LogP contribution in [0, 0.1) is 6.92 Å². The number of nitrogens with two attached hydrogens (primary N) is 1. The van der Waals surface area contributed by atoms with E-state index in [1.807, 2.05) is 19.0 Å². The van der Waals surface area contributed by atoms with Crippen molar-refractivity contribution in [2.24, 2.45) is 0 Å². The summed E-state index contributed by atoms with van der Waals surface area (Å²) >= 11 is 1.55. The first-order valence-corrected chi connectivity index (χ1v) is 6.42. The van der Waals surface area contributed by atoms with Gasteiger partial charge in [0, 0.05) is 19.0 Å². The monoisotopic (exact) mass is 260 g/mol. The van der Waals surface area contributed by atoms with Gasteiger partial charge in [0.25, 0.3) is 0 Å². The van der Waals surface area contributed by atoms with E-state index in [0.29, 0.717) is 5.69 Å². The number of hydrogen-bond donors (Lipinski definition) is 1. The molecule has 0 fully saturated rings. The van der Waals surface area contributed by atoms with E-state index in [1.54, 1.807) is 18.1 Å². The van der Waals surface area contributed by atoms with Crippen molar-refractivity contribution in [2.75, 3.05) is 24.7 Å². The predicted molar refractivity (Wildman–Crippen MR) is 76.1 cm³/mol. The first-order valence-electron chi connectivity index (χ1n) is 5.60. The fourth-order valence-corrected chi connectivity index (χ4v) is 2.32. The molecule has 0 spiro atoms. The SMILES string of the molecule is Cc1ccc(Sc2ncnc(N(C)C)c2N)cc1. The predicted octanol–water partition coefficient (Wildman–Crippen LogP) is 2.58. The molecule has 0 unspecified atom stereocenters. The molecule has 1 aromatic heterocycles. The van der Waals surface area contributed by atoms with E-state index < -0.39 is 0 Å². The normalized spacial score (nSPS) is 10.4. The summed E-state index contributed by atoms with van der Waals surface area (Å²) < 4.78 is 0. The molecule has 0 radical (unpaired) electrons. The summed E-state index contributed by atoms with van der Waals surface area (Å²) in [4.78, 5) is 11.4. The van der Waals surface area contributed by atoms with Crippen LogP contribution in [0.5, 0.6) is 0 Å². The van der Waals surface area contributed by atoms with E-state index in [9.17, 15) is 0 Å². The Hall–Kier alpha value is -1.75. The summed E-state index contributed by atoms with van der Waals surface area (Å²) in [6, 6.07) is 8.28. The van der Waals surface area contributed by atoms with Gasteiger partial charge in [-0.25, -0.2) is 9.97 Å². The van der Waals surface area contributed by atoms with Crippen molar-refractivity contribution >= 4 is 23.3 Å². The van der Waals surface area contributed by atoms with E-state index in [4.69, 9.17) is 5.73 Å². The molecular formula is C13H16N4S. The van der Waals surface area contributed by atoms with Crippen LogP contribution >= 0.6 is 11.8 Å². The van der Waals surface area contributed by atoms with Gasteiger partial charge in [-0.2, -0.15) is 0 Å². The molecule has 0 atom stereocenters. The lowest BCUT2D eigenvalue weighted by molar-refractivity contribution is 0.993. The van der Waals surface area contributed by atoms with Crippen molar-refractivity contribution in [1.29, 1.82) is 0 Å². The van der Waals surface area contributed by atoms with E-state index in [2.05, 4.69) is 41.2 Å². The van der Waals surface area contributed by atoms with Crippen molar-refractivity contribution in [2.45, 2.75) is 16.8 Å². The highest BCUT2D eigenvalue weighted by atomic mass is 32.2. The molecule has 1 heterocycles. The fraction of sp³-hybridized carbons (Fsp3) is 0.231. The minimum absolute atomic E-state index is 0.619. The molecule has 0 bridgehead atoms. The van der Waals surface area contributed by atoms with Gasteiger partial charge >= 0.3 is 0 Å². The molecule has 0 aliphatic rings. The van der Waals surface area contributed by atoms with Crippen molar-refractivity contribution in [1.82, 2.24) is 9.97 Å². The summed E-state index contributed by atoms with van der Waals surface area (Å²) in [5.74, 6) is 0.750. The number of rotatable bonds is 3. The first-order chi connectivity index (χ1) is 8.58. The Morgan fingerprint density at radius 3 is 2.39 bits per heavy atom. The standard InChI is InChI=1S/C13H16N4S/c1-9-4-6-10(7-5-9)18-13-11(14)12(17(2)3)15-8-16-13/h4-8H,14H2,1-3H3. The Kier molecular flexibility index (Phi) is 3.72. The van der Waals surface area contributed by atoms with Gasteiger partial charge in [0.1, 0.15) is 17.0 Å². The Bertz CT molecular complexity index is 537. The largest absolute Gasteiger partial charge is 0.394 e. The maximum Gasteiger partial charge on any atom is 0.155 e. The molecule has 2 rings (SSSR count). The van der Waals surface area contributed by atoms with E-state index >= 15 is 0 Å². The lowest BCUT2D eigenvalue weighted by Crippen LogP contribution is -2.14. The number of nitrogen functional groups attached to an aromatic ring is 1. The minimum Gasteiger partial charge on any atom is -0.394 e. The molecule has 2 N–H and O–H groups in total. The topological polar surface area (TPSA) is 55.0 Å². The second kappa shape index (κ2) is 5.27. The van der Waals surface area contributed by atoms with Gasteiger partial charge in [-0.15, -0.1) is 0 Å². The van der Waals surface area contributed by atoms with Crippen LogP contribution in [0.2, 0.25) is 0 Å². The molecule has 0 aliphatic carbocycles. The molecule has 0 amide bonds. The molecule has 2 aromatic rings. The Labute approximate surface area is 111 Å². The van der Waals surface area contributed by atoms with Crippen LogP contribution in [0.15, 0.2) is 40.5 Å². The molecule has 18 heavy (non-hydrogen) atoms. The van der Waals surface area contributed by atoms with Gasteiger partial charge in [-0.05, 0) is 19.1 Å². The molecule has 0 aliphatic heterocycles. The average Bonchev–Trinajstić information content (AvgIpc) is 2.34. The van der Waals surface area contributed by atoms with Crippen LogP contribution in [-0.2, 0) is 0 Å². The number of benzene rings is 1. The zero-order valence-corrected chi connectivity index (χ0v) is 11.5. The molecule has 1 aromatic carbocycles. The van der Waals surface area contributed by atoms with Crippen LogP contribution < -0.4 is 10.6 Å². The van der Waals surface area contributed by atoms with Crippen LogP contribution in [0.1, 0.15) is 5.56 Å². The second-order valence-electron chi connectivity index (χ2n) is 4.23. The van der Waals surface area contributed by atoms with Crippen LogP contribution in [0.3, 0.4) is 0 Å². The maximum atomic E-state index is 6.07. The summed E-state index contributed by atoms with van der Waals surface area (Å²) in [5.41, 5.74) is 7.93. The van der Waals surface area contributed by atoms with Gasteiger partial charge in [-0.1, -0.05) is 29.5 Å². The van der Waals surface area contributed by atoms with Crippen LogP contribution in [0.25, 0.3) is 0 Å². The minimum atomic E-state index is 0.619. The van der Waals surface area contributed by atoms with E-state index in [1.165, 1.54) is 5.56 Å². The highest BCUT2D eigenvalue weighted by Gasteiger charge is 2.10. The smallest absolute Gasteiger partial charge is 0.155 e. The van der Waals surface area contributed by atoms with Crippen LogP contribution in [0.4, 0.5) is 11.5 Å². The first kappa shape index (κ1) is 12.7. The van der Waals surface area contributed by atoms with Crippen molar-refractivity contribution in [3.05, 3.63) is 36.2 Å². The number of aromatic nitrogens is 2. The summed E-state index contributed by atoms with van der Waals surface area (Å²) in [7, 11) is 3.83. The third-order valence-corrected chi connectivity index (χ3v) is 3.51. The maximum absolute atomic E-state index is 6.07. The molecular weight excluding hydrogens is 244 g/mol. The number of aryl methyl sites for hydroxylation is 1.